The van der Waals surface area contributed by atoms with Crippen molar-refractivity contribution in [3.8, 4) is 5.75 Å². The number of sulfonamides is 1. The van der Waals surface area contributed by atoms with Crippen LogP contribution in [-0.4, -0.2) is 133 Å². The Balaban J connectivity index is 0.891. The molecule has 0 radical (unpaired) electrons. The molecular weight excluding hydrogens is 731 g/mol. The second-order valence-electron chi connectivity index (χ2n) is 14.1. The first-order valence-electron chi connectivity index (χ1n) is 17.9. The lowest BCUT2D eigenvalue weighted by molar-refractivity contribution is -0.136. The zero-order valence-electron chi connectivity index (χ0n) is 29.5. The highest BCUT2D eigenvalue weighted by atomic mass is 32.2. The summed E-state index contributed by atoms with van der Waals surface area (Å²) < 4.78 is 30.6. The van der Waals surface area contributed by atoms with E-state index >= 15 is 0 Å². The maximum absolute atomic E-state index is 13.3. The van der Waals surface area contributed by atoms with Gasteiger partial charge < -0.3 is 20.3 Å². The fourth-order valence-corrected chi connectivity index (χ4v) is 9.63. The van der Waals surface area contributed by atoms with E-state index in [0.717, 1.165) is 29.8 Å². The van der Waals surface area contributed by atoms with E-state index in [9.17, 15) is 42.0 Å². The number of hydrogen-bond donors (Lipinski definition) is 4. The quantitative estimate of drug-likeness (QED) is 0.146. The second-order valence-corrected chi connectivity index (χ2v) is 17.2. The number of thioether (sulfide) groups is 1. The van der Waals surface area contributed by atoms with E-state index in [1.165, 1.54) is 10.4 Å². The highest BCUT2D eigenvalue weighted by Gasteiger charge is 2.46. The molecule has 5 unspecified atom stereocenters. The number of likely N-dealkylation sites (tertiary alicyclic amines) is 1. The van der Waals surface area contributed by atoms with Gasteiger partial charge in [-0.25, -0.2) is 12.7 Å². The maximum atomic E-state index is 13.3. The van der Waals surface area contributed by atoms with Gasteiger partial charge in [-0.2, -0.15) is 0 Å². The van der Waals surface area contributed by atoms with Gasteiger partial charge in [-0.15, -0.1) is 11.8 Å². The molecule has 4 N–H and O–H groups in total. The van der Waals surface area contributed by atoms with Crippen molar-refractivity contribution in [2.24, 2.45) is 11.8 Å². The summed E-state index contributed by atoms with van der Waals surface area (Å²) in [5.74, 6) is -2.29. The van der Waals surface area contributed by atoms with Crippen LogP contribution in [0.1, 0.15) is 72.1 Å². The molecule has 0 bridgehead atoms. The molecule has 0 aromatic heterocycles. The van der Waals surface area contributed by atoms with Crippen LogP contribution in [0.3, 0.4) is 0 Å². The number of piperidine rings is 2. The van der Waals surface area contributed by atoms with Gasteiger partial charge in [0.1, 0.15) is 17.3 Å². The monoisotopic (exact) mass is 775 g/mol. The zero-order chi connectivity index (χ0) is 37.9. The Morgan fingerprint density at radius 3 is 2.58 bits per heavy atom. The van der Waals surface area contributed by atoms with Crippen LogP contribution in [0.25, 0.3) is 0 Å². The molecule has 5 heterocycles. The zero-order valence-corrected chi connectivity index (χ0v) is 31.1. The van der Waals surface area contributed by atoms with Gasteiger partial charge in [-0.05, 0) is 56.6 Å². The molecule has 6 rings (SSSR count). The molecule has 4 saturated heterocycles. The molecule has 7 amide bonds. The number of hydrogen-bond acceptors (Lipinski definition) is 12. The summed E-state index contributed by atoms with van der Waals surface area (Å²) in [4.78, 5) is 91.3. The van der Waals surface area contributed by atoms with Crippen LogP contribution in [-0.2, 0) is 34.0 Å². The van der Waals surface area contributed by atoms with Crippen molar-refractivity contribution >= 4 is 63.1 Å². The van der Waals surface area contributed by atoms with Gasteiger partial charge in [-0.3, -0.25) is 49.1 Å². The van der Waals surface area contributed by atoms with E-state index < -0.39 is 45.6 Å². The number of carbonyl (C=O) groups is 7. The minimum Gasteiger partial charge on any atom is -0.493 e. The first-order chi connectivity index (χ1) is 25.3. The molecule has 5 aliphatic rings. The molecule has 0 spiro atoms. The minimum atomic E-state index is -3.36. The highest BCUT2D eigenvalue weighted by molar-refractivity contribution is 8.00. The Labute approximate surface area is 311 Å². The van der Waals surface area contributed by atoms with Crippen LogP contribution < -0.4 is 26.0 Å². The van der Waals surface area contributed by atoms with E-state index in [4.69, 9.17) is 4.74 Å². The van der Waals surface area contributed by atoms with Crippen molar-refractivity contribution in [1.29, 1.82) is 0 Å². The summed E-state index contributed by atoms with van der Waals surface area (Å²) in [7, 11) is -3.36. The number of imide groups is 2. The average Bonchev–Trinajstić information content (AvgIpc) is 3.87. The van der Waals surface area contributed by atoms with Crippen molar-refractivity contribution in [2.45, 2.75) is 68.9 Å². The number of carbonyl (C=O) groups excluding carboxylic acids is 7. The topological polar surface area (TPSA) is 221 Å². The number of ether oxygens (including phenoxy) is 1. The number of fused-ring (bicyclic) bond motifs is 1. The molecule has 5 aliphatic heterocycles. The van der Waals surface area contributed by atoms with E-state index in [-0.39, 0.29) is 91.1 Å². The highest BCUT2D eigenvalue weighted by Crippen LogP contribution is 2.34. The molecule has 5 atom stereocenters. The molecular formula is C34H45N7O10S2. The summed E-state index contributed by atoms with van der Waals surface area (Å²) >= 11 is 1.56. The van der Waals surface area contributed by atoms with Crippen LogP contribution in [0.5, 0.6) is 5.75 Å². The average molecular weight is 776 g/mol. The van der Waals surface area contributed by atoms with E-state index in [1.807, 2.05) is 4.90 Å². The number of nitrogens with zero attached hydrogens (tertiary/aromatic N) is 3. The summed E-state index contributed by atoms with van der Waals surface area (Å²) in [6.45, 7) is 1.69. The van der Waals surface area contributed by atoms with Crippen LogP contribution in [0.4, 0.5) is 0 Å². The summed E-state index contributed by atoms with van der Waals surface area (Å²) in [5.41, 5.74) is -0.0956. The van der Waals surface area contributed by atoms with Gasteiger partial charge in [0.25, 0.3) is 11.8 Å². The molecule has 0 aliphatic carbocycles. The molecule has 17 nitrogen and oxygen atoms in total. The Kier molecular flexibility index (Phi) is 12.0. The van der Waals surface area contributed by atoms with E-state index in [2.05, 4.69) is 21.3 Å². The van der Waals surface area contributed by atoms with Gasteiger partial charge in [0.05, 0.1) is 36.5 Å². The molecule has 0 saturated carbocycles. The normalized spacial score (nSPS) is 26.4. The second kappa shape index (κ2) is 16.5. The first kappa shape index (κ1) is 38.6. The third kappa shape index (κ3) is 9.01. The standard InChI is InChI=1S/C34H45N7O10S2/c1-53(49,50)40-14-12-21(18-40)30(45)35-16-27(43)38-34-36-23(19-52-34)20-6-5-13-39(17-20)28(44)9-2-3-15-51-25-8-4-7-22-29(25)33(48)41(32(22)47)24-10-11-26(42)37-31(24)46/h4,7-8,20-21,23-24,34,36H,2-3,5-6,9-19H2,1H3,(H,35,45)(H,38,43)(H,37,42,46). The molecule has 53 heavy (non-hydrogen) atoms. The lowest BCUT2D eigenvalue weighted by Gasteiger charge is -2.36. The van der Waals surface area contributed by atoms with Crippen LogP contribution in [0.2, 0.25) is 0 Å². The van der Waals surface area contributed by atoms with Crippen molar-refractivity contribution in [3.63, 3.8) is 0 Å². The number of amides is 7. The number of benzene rings is 1. The predicted octanol–water partition coefficient (Wildman–Crippen LogP) is -0.622. The lowest BCUT2D eigenvalue weighted by Crippen LogP contribution is -2.54. The number of unbranched alkanes of at least 4 members (excludes halogenated alkanes) is 1. The van der Waals surface area contributed by atoms with Gasteiger partial charge in [-0.1, -0.05) is 6.07 Å². The largest absolute Gasteiger partial charge is 0.493 e. The van der Waals surface area contributed by atoms with Crippen LogP contribution >= 0.6 is 11.8 Å². The third-order valence-electron chi connectivity index (χ3n) is 10.4. The Hall–Kier alpha value is -4.07. The lowest BCUT2D eigenvalue weighted by atomic mass is 9.91. The smallest absolute Gasteiger partial charge is 0.266 e. The summed E-state index contributed by atoms with van der Waals surface area (Å²) in [6, 6.07) is 3.74. The van der Waals surface area contributed by atoms with Gasteiger partial charge in [0, 0.05) is 50.8 Å². The number of rotatable bonds is 13. The van der Waals surface area contributed by atoms with Crippen molar-refractivity contribution < 1.29 is 46.7 Å². The summed E-state index contributed by atoms with van der Waals surface area (Å²) in [6.07, 6.45) is 4.86. The predicted molar refractivity (Wildman–Crippen MR) is 191 cm³/mol. The maximum Gasteiger partial charge on any atom is 0.266 e. The number of nitrogens with one attached hydrogen (secondary N) is 4. The van der Waals surface area contributed by atoms with Crippen LogP contribution in [0.15, 0.2) is 18.2 Å². The molecule has 19 heteroatoms. The van der Waals surface area contributed by atoms with Crippen molar-refractivity contribution in [2.75, 3.05) is 51.3 Å². The van der Waals surface area contributed by atoms with Gasteiger partial charge in [0.2, 0.25) is 39.6 Å². The van der Waals surface area contributed by atoms with Crippen molar-refractivity contribution in [3.05, 3.63) is 29.3 Å². The fourth-order valence-electron chi connectivity index (χ4n) is 7.49. The molecule has 4 fully saturated rings. The minimum absolute atomic E-state index is 0.0318. The molecule has 288 valence electrons. The molecule has 1 aromatic carbocycles. The SMILES string of the molecule is CS(=O)(=O)N1CCC(C(=O)NCC(=O)NC2NC(C3CCCN(C(=O)CCCCOc4cccc5c4C(=O)N(C4CCC(=O)NC4=O)C5=O)C3)CS2)C1. The first-order valence-corrected chi connectivity index (χ1v) is 20.8. The third-order valence-corrected chi connectivity index (χ3v) is 12.8. The van der Waals surface area contributed by atoms with Gasteiger partial charge >= 0.3 is 0 Å². The van der Waals surface area contributed by atoms with Gasteiger partial charge in [0.15, 0.2) is 0 Å². The summed E-state index contributed by atoms with van der Waals surface area (Å²) in [5, 5.41) is 11.1. The molecule has 1 aromatic rings. The van der Waals surface area contributed by atoms with E-state index in [1.54, 1.807) is 23.9 Å². The Morgan fingerprint density at radius 2 is 1.83 bits per heavy atom. The fraction of sp³-hybridized carbons (Fsp3) is 0.618. The Morgan fingerprint density at radius 1 is 1.02 bits per heavy atom. The Bertz CT molecular complexity index is 1770. The van der Waals surface area contributed by atoms with Crippen molar-refractivity contribution in [1.82, 2.24) is 35.4 Å². The van der Waals surface area contributed by atoms with Crippen LogP contribution in [0, 0.1) is 11.8 Å². The van der Waals surface area contributed by atoms with E-state index in [0.29, 0.717) is 38.8 Å².